The van der Waals surface area contributed by atoms with Crippen molar-refractivity contribution in [3.8, 4) is 0 Å². The quantitative estimate of drug-likeness (QED) is 0.657. The zero-order valence-corrected chi connectivity index (χ0v) is 13.2. The Morgan fingerprint density at radius 1 is 1.05 bits per heavy atom. The lowest BCUT2D eigenvalue weighted by Crippen LogP contribution is -2.41. The van der Waals surface area contributed by atoms with Crippen molar-refractivity contribution in [2.75, 3.05) is 40.8 Å². The number of ether oxygens (including phenoxy) is 1. The highest BCUT2D eigenvalue weighted by Crippen LogP contribution is 2.18. The van der Waals surface area contributed by atoms with Crippen LogP contribution in [-0.4, -0.2) is 62.5 Å². The van der Waals surface area contributed by atoms with Crippen molar-refractivity contribution in [2.45, 2.75) is 33.6 Å². The predicted octanol–water partition coefficient (Wildman–Crippen LogP) is 1.38. The summed E-state index contributed by atoms with van der Waals surface area (Å²) in [7, 11) is 5.37. The van der Waals surface area contributed by atoms with Gasteiger partial charge in [0.1, 0.15) is 0 Å². The van der Waals surface area contributed by atoms with Gasteiger partial charge in [-0.15, -0.1) is 0 Å². The molecule has 0 fully saturated rings. The van der Waals surface area contributed by atoms with E-state index in [0.29, 0.717) is 13.1 Å². The minimum absolute atomic E-state index is 0.0789. The Morgan fingerprint density at radius 2 is 1.63 bits per heavy atom. The van der Waals surface area contributed by atoms with Crippen molar-refractivity contribution >= 4 is 11.9 Å². The van der Waals surface area contributed by atoms with Crippen LogP contribution in [0.25, 0.3) is 0 Å². The van der Waals surface area contributed by atoms with Crippen LogP contribution in [-0.2, 0) is 14.3 Å². The van der Waals surface area contributed by atoms with E-state index in [1.54, 1.807) is 4.90 Å². The van der Waals surface area contributed by atoms with Crippen LogP contribution in [0, 0.1) is 5.41 Å². The summed E-state index contributed by atoms with van der Waals surface area (Å²) < 4.78 is 4.62. The molecular formula is C14H28N2O3. The third kappa shape index (κ3) is 7.82. The summed E-state index contributed by atoms with van der Waals surface area (Å²) in [6.07, 6.45) is 1.15. The number of hydrogen-bond donors (Lipinski definition) is 0. The van der Waals surface area contributed by atoms with Crippen LogP contribution in [0.1, 0.15) is 33.6 Å². The molecule has 5 heteroatoms. The molecule has 5 nitrogen and oxygen atoms in total. The number of nitrogens with zero attached hydrogens (tertiary/aromatic N) is 2. The molecule has 19 heavy (non-hydrogen) atoms. The first-order chi connectivity index (χ1) is 8.68. The second-order valence-electron chi connectivity index (χ2n) is 6.03. The van der Waals surface area contributed by atoms with Crippen LogP contribution in [0.5, 0.6) is 0 Å². The molecule has 0 saturated heterocycles. The highest BCUT2D eigenvalue weighted by atomic mass is 16.5. The van der Waals surface area contributed by atoms with E-state index in [1.165, 1.54) is 7.11 Å². The molecule has 0 aliphatic carbocycles. The second-order valence-corrected chi connectivity index (χ2v) is 6.03. The number of carbonyl (C=O) groups excluding carboxylic acids is 2. The van der Waals surface area contributed by atoms with E-state index in [0.717, 1.165) is 13.0 Å². The Kier molecular flexibility index (Phi) is 7.68. The Labute approximate surface area is 116 Å². The SMILES string of the molecule is COC(=O)CCN(CCCN(C)C)C(=O)C(C)(C)C. The van der Waals surface area contributed by atoms with Crippen molar-refractivity contribution in [1.82, 2.24) is 9.80 Å². The van der Waals surface area contributed by atoms with Gasteiger partial charge in [-0.1, -0.05) is 20.8 Å². The Morgan fingerprint density at radius 3 is 2.05 bits per heavy atom. The average Bonchev–Trinajstić information content (AvgIpc) is 2.30. The maximum atomic E-state index is 12.3. The summed E-state index contributed by atoms with van der Waals surface area (Å²) in [5, 5.41) is 0. The van der Waals surface area contributed by atoms with Crippen LogP contribution in [0.3, 0.4) is 0 Å². The van der Waals surface area contributed by atoms with Crippen molar-refractivity contribution in [3.05, 3.63) is 0 Å². The molecule has 0 saturated carbocycles. The number of hydrogen-bond acceptors (Lipinski definition) is 4. The van der Waals surface area contributed by atoms with E-state index in [2.05, 4.69) is 9.64 Å². The topological polar surface area (TPSA) is 49.9 Å². The van der Waals surface area contributed by atoms with Gasteiger partial charge in [0, 0.05) is 18.5 Å². The van der Waals surface area contributed by atoms with E-state index in [1.807, 2.05) is 34.9 Å². The summed E-state index contributed by atoms with van der Waals surface area (Å²) in [4.78, 5) is 27.4. The molecule has 0 radical (unpaired) electrons. The summed E-state index contributed by atoms with van der Waals surface area (Å²) in [6, 6.07) is 0. The van der Waals surface area contributed by atoms with Crippen molar-refractivity contribution in [3.63, 3.8) is 0 Å². The van der Waals surface area contributed by atoms with Crippen LogP contribution in [0.2, 0.25) is 0 Å². The first-order valence-corrected chi connectivity index (χ1v) is 6.69. The van der Waals surface area contributed by atoms with Gasteiger partial charge in [0.2, 0.25) is 5.91 Å². The molecule has 1 amide bonds. The van der Waals surface area contributed by atoms with E-state index in [4.69, 9.17) is 0 Å². The Bertz CT molecular complexity index is 296. The summed E-state index contributed by atoms with van der Waals surface area (Å²) in [6.45, 7) is 7.71. The molecule has 0 aromatic rings. The molecule has 0 aromatic heterocycles. The fraction of sp³-hybridized carbons (Fsp3) is 0.857. The van der Waals surface area contributed by atoms with Crippen LogP contribution < -0.4 is 0 Å². The lowest BCUT2D eigenvalue weighted by Gasteiger charge is -2.29. The standard InChI is InChI=1S/C14H28N2O3/c1-14(2,3)13(18)16(10-7-9-15(4)5)11-8-12(17)19-6/h7-11H2,1-6H3. The molecule has 0 bridgehead atoms. The van der Waals surface area contributed by atoms with E-state index in [-0.39, 0.29) is 18.3 Å². The molecule has 0 heterocycles. The van der Waals surface area contributed by atoms with Gasteiger partial charge in [0.25, 0.3) is 0 Å². The molecule has 0 aliphatic heterocycles. The van der Waals surface area contributed by atoms with E-state index in [9.17, 15) is 9.59 Å². The lowest BCUT2D eigenvalue weighted by atomic mass is 9.94. The Balaban J connectivity index is 4.46. The van der Waals surface area contributed by atoms with Gasteiger partial charge in [-0.3, -0.25) is 9.59 Å². The zero-order chi connectivity index (χ0) is 15.1. The Hall–Kier alpha value is -1.10. The molecule has 0 spiro atoms. The minimum Gasteiger partial charge on any atom is -0.469 e. The maximum Gasteiger partial charge on any atom is 0.307 e. The lowest BCUT2D eigenvalue weighted by molar-refractivity contribution is -0.143. The van der Waals surface area contributed by atoms with E-state index >= 15 is 0 Å². The highest BCUT2D eigenvalue weighted by Gasteiger charge is 2.27. The van der Waals surface area contributed by atoms with Crippen molar-refractivity contribution in [2.24, 2.45) is 5.41 Å². The smallest absolute Gasteiger partial charge is 0.307 e. The van der Waals surface area contributed by atoms with Gasteiger partial charge >= 0.3 is 5.97 Å². The first-order valence-electron chi connectivity index (χ1n) is 6.69. The fourth-order valence-electron chi connectivity index (χ4n) is 1.70. The predicted molar refractivity (Wildman–Crippen MR) is 75.8 cm³/mol. The third-order valence-electron chi connectivity index (χ3n) is 2.78. The molecule has 0 aromatic carbocycles. The molecular weight excluding hydrogens is 244 g/mol. The highest BCUT2D eigenvalue weighted by molar-refractivity contribution is 5.82. The van der Waals surface area contributed by atoms with Gasteiger partial charge in [0.05, 0.1) is 13.5 Å². The van der Waals surface area contributed by atoms with Gasteiger partial charge in [-0.05, 0) is 27.1 Å². The third-order valence-corrected chi connectivity index (χ3v) is 2.78. The molecule has 0 N–H and O–H groups in total. The summed E-state index contributed by atoms with van der Waals surface area (Å²) in [5.41, 5.74) is -0.422. The van der Waals surface area contributed by atoms with E-state index < -0.39 is 5.41 Å². The normalized spacial score (nSPS) is 11.5. The van der Waals surface area contributed by atoms with Crippen LogP contribution in [0.15, 0.2) is 0 Å². The number of rotatable bonds is 7. The summed E-state index contributed by atoms with van der Waals surface area (Å²) >= 11 is 0. The first kappa shape index (κ1) is 17.9. The minimum atomic E-state index is -0.422. The summed E-state index contributed by atoms with van der Waals surface area (Å²) in [5.74, 6) is -0.200. The number of methoxy groups -OCH3 is 1. The molecule has 0 atom stereocenters. The molecule has 0 aliphatic rings. The monoisotopic (exact) mass is 272 g/mol. The largest absolute Gasteiger partial charge is 0.469 e. The fourth-order valence-corrected chi connectivity index (χ4v) is 1.70. The van der Waals surface area contributed by atoms with Gasteiger partial charge in [-0.2, -0.15) is 0 Å². The number of amides is 1. The number of esters is 1. The van der Waals surface area contributed by atoms with Crippen molar-refractivity contribution in [1.29, 1.82) is 0 Å². The van der Waals surface area contributed by atoms with Crippen LogP contribution in [0.4, 0.5) is 0 Å². The maximum absolute atomic E-state index is 12.3. The second kappa shape index (κ2) is 8.15. The van der Waals surface area contributed by atoms with Gasteiger partial charge in [-0.25, -0.2) is 0 Å². The van der Waals surface area contributed by atoms with Gasteiger partial charge in [0.15, 0.2) is 0 Å². The molecule has 112 valence electrons. The van der Waals surface area contributed by atoms with Crippen molar-refractivity contribution < 1.29 is 14.3 Å². The van der Waals surface area contributed by atoms with Gasteiger partial charge < -0.3 is 14.5 Å². The van der Waals surface area contributed by atoms with Crippen LogP contribution >= 0.6 is 0 Å². The molecule has 0 unspecified atom stereocenters. The zero-order valence-electron chi connectivity index (χ0n) is 13.2. The number of carbonyl (C=O) groups is 2. The molecule has 0 rings (SSSR count). The average molecular weight is 272 g/mol.